The minimum Gasteiger partial charge on any atom is -0.496 e. The number of nitrogens with zero attached hydrogens (tertiary/aromatic N) is 3. The van der Waals surface area contributed by atoms with Crippen molar-refractivity contribution in [3.05, 3.63) is 47.5 Å². The standard InChI is InChI=1S/C21H23B2N3O2/c1-4-6-15-16(7-5-8-17(15)22)19-25-20(28-26-19)13-9-10-18(14(11-13)12-24)27-21(2,3)23/h5,7-11H,4,6,22-23H2,1-3H3. The second-order valence-electron chi connectivity index (χ2n) is 7.81. The molecule has 2 aromatic carbocycles. The molecule has 0 aliphatic rings. The van der Waals surface area contributed by atoms with Gasteiger partial charge in [-0.1, -0.05) is 42.2 Å². The first-order valence-corrected chi connectivity index (χ1v) is 9.48. The van der Waals surface area contributed by atoms with E-state index in [4.69, 9.17) is 9.26 Å². The molecule has 140 valence electrons. The Morgan fingerprint density at radius 2 is 2.04 bits per heavy atom. The molecule has 0 atom stereocenters. The van der Waals surface area contributed by atoms with Gasteiger partial charge in [-0.15, -0.1) is 0 Å². The average molecular weight is 371 g/mol. The summed E-state index contributed by atoms with van der Waals surface area (Å²) in [6.45, 7) is 6.05. The second kappa shape index (κ2) is 7.93. The van der Waals surface area contributed by atoms with E-state index in [2.05, 4.69) is 37.0 Å². The lowest BCUT2D eigenvalue weighted by Crippen LogP contribution is -2.28. The van der Waals surface area contributed by atoms with E-state index in [0.717, 1.165) is 18.4 Å². The molecule has 1 aromatic heterocycles. The zero-order valence-electron chi connectivity index (χ0n) is 17.0. The molecule has 7 heteroatoms. The second-order valence-corrected chi connectivity index (χ2v) is 7.81. The fourth-order valence-electron chi connectivity index (χ4n) is 3.11. The number of hydrogen-bond donors (Lipinski definition) is 0. The van der Waals surface area contributed by atoms with Gasteiger partial charge in [0.05, 0.1) is 11.1 Å². The van der Waals surface area contributed by atoms with Crippen LogP contribution < -0.4 is 10.2 Å². The van der Waals surface area contributed by atoms with Crippen molar-refractivity contribution in [2.75, 3.05) is 0 Å². The molecule has 28 heavy (non-hydrogen) atoms. The molecule has 0 amide bonds. The van der Waals surface area contributed by atoms with Crippen LogP contribution >= 0.6 is 0 Å². The summed E-state index contributed by atoms with van der Waals surface area (Å²) in [6.07, 6.45) is 2.01. The highest BCUT2D eigenvalue weighted by molar-refractivity contribution is 6.33. The van der Waals surface area contributed by atoms with Crippen molar-refractivity contribution in [2.24, 2.45) is 0 Å². The Balaban J connectivity index is 1.97. The highest BCUT2D eigenvalue weighted by Crippen LogP contribution is 2.29. The average Bonchev–Trinajstić information content (AvgIpc) is 3.12. The van der Waals surface area contributed by atoms with Gasteiger partial charge >= 0.3 is 0 Å². The van der Waals surface area contributed by atoms with Gasteiger partial charge in [0.15, 0.2) is 7.85 Å². The number of nitriles is 1. The summed E-state index contributed by atoms with van der Waals surface area (Å²) >= 11 is 0. The Labute approximate surface area is 167 Å². The van der Waals surface area contributed by atoms with Crippen molar-refractivity contribution >= 4 is 21.2 Å². The fraction of sp³-hybridized carbons (Fsp3) is 0.286. The number of hydrogen-bond acceptors (Lipinski definition) is 5. The van der Waals surface area contributed by atoms with Crippen LogP contribution in [0.2, 0.25) is 0 Å². The van der Waals surface area contributed by atoms with Crippen LogP contribution in [0.5, 0.6) is 5.75 Å². The SMILES string of the molecule is Bc1cccc(-c2noc(-c3ccc(OC(B)(C)C)c(C#N)c3)n2)c1CCC. The van der Waals surface area contributed by atoms with Gasteiger partial charge in [-0.3, -0.25) is 0 Å². The third-order valence-corrected chi connectivity index (χ3v) is 4.34. The van der Waals surface area contributed by atoms with E-state index >= 15 is 0 Å². The van der Waals surface area contributed by atoms with E-state index in [1.54, 1.807) is 12.1 Å². The monoisotopic (exact) mass is 371 g/mol. The maximum absolute atomic E-state index is 9.50. The van der Waals surface area contributed by atoms with Crippen LogP contribution in [0, 0.1) is 11.3 Å². The Morgan fingerprint density at radius 1 is 1.25 bits per heavy atom. The predicted octanol–water partition coefficient (Wildman–Crippen LogP) is 2.23. The summed E-state index contributed by atoms with van der Waals surface area (Å²) in [5.74, 6) is 1.50. The fourth-order valence-corrected chi connectivity index (χ4v) is 3.11. The van der Waals surface area contributed by atoms with Crippen LogP contribution in [0.1, 0.15) is 38.3 Å². The third kappa shape index (κ3) is 4.28. The van der Waals surface area contributed by atoms with Gasteiger partial charge < -0.3 is 9.26 Å². The molecule has 0 radical (unpaired) electrons. The minimum atomic E-state index is -0.383. The molecule has 0 spiro atoms. The van der Waals surface area contributed by atoms with Gasteiger partial charge in [-0.2, -0.15) is 10.2 Å². The van der Waals surface area contributed by atoms with Gasteiger partial charge in [-0.05, 0) is 44.0 Å². The van der Waals surface area contributed by atoms with Crippen LogP contribution in [-0.4, -0.2) is 31.3 Å². The lowest BCUT2D eigenvalue weighted by Gasteiger charge is -2.22. The van der Waals surface area contributed by atoms with Crippen LogP contribution in [0.15, 0.2) is 40.9 Å². The van der Waals surface area contributed by atoms with Gasteiger partial charge in [0.25, 0.3) is 5.89 Å². The first-order valence-electron chi connectivity index (χ1n) is 9.48. The molecular formula is C21H23B2N3O2. The number of rotatable bonds is 6. The molecule has 0 saturated heterocycles. The summed E-state index contributed by atoms with van der Waals surface area (Å²) < 4.78 is 11.4. The number of benzene rings is 2. The lowest BCUT2D eigenvalue weighted by molar-refractivity contribution is 0.197. The van der Waals surface area contributed by atoms with Gasteiger partial charge in [0.1, 0.15) is 19.7 Å². The molecule has 0 aliphatic heterocycles. The Morgan fingerprint density at radius 3 is 2.71 bits per heavy atom. The van der Waals surface area contributed by atoms with E-state index in [-0.39, 0.29) is 5.50 Å². The minimum absolute atomic E-state index is 0.383. The Bertz CT molecular complexity index is 1030. The maximum atomic E-state index is 9.50. The van der Waals surface area contributed by atoms with Gasteiger partial charge in [0, 0.05) is 11.1 Å². The van der Waals surface area contributed by atoms with Crippen LogP contribution in [0.25, 0.3) is 22.8 Å². The Kier molecular flexibility index (Phi) is 5.60. The molecule has 0 saturated carbocycles. The molecule has 0 aliphatic carbocycles. The van der Waals surface area contributed by atoms with Crippen LogP contribution in [0.3, 0.4) is 0 Å². The smallest absolute Gasteiger partial charge is 0.258 e. The van der Waals surface area contributed by atoms with Crippen molar-refractivity contribution in [3.8, 4) is 34.7 Å². The van der Waals surface area contributed by atoms with Gasteiger partial charge in [0.2, 0.25) is 5.82 Å². The van der Waals surface area contributed by atoms with Crippen molar-refractivity contribution in [3.63, 3.8) is 0 Å². The Hall–Kier alpha value is -3.00. The summed E-state index contributed by atoms with van der Waals surface area (Å²) in [7, 11) is 4.05. The zero-order chi connectivity index (χ0) is 20.3. The van der Waals surface area contributed by atoms with E-state index < -0.39 is 0 Å². The highest BCUT2D eigenvalue weighted by Gasteiger charge is 2.18. The van der Waals surface area contributed by atoms with E-state index in [0.29, 0.717) is 28.6 Å². The van der Waals surface area contributed by atoms with Crippen molar-refractivity contribution < 1.29 is 9.26 Å². The summed E-state index contributed by atoms with van der Waals surface area (Å²) in [5.41, 5.74) is 4.21. The molecule has 0 bridgehead atoms. The molecular weight excluding hydrogens is 348 g/mol. The quantitative estimate of drug-likeness (QED) is 0.622. The first kappa shape index (κ1) is 19.8. The summed E-state index contributed by atoms with van der Waals surface area (Å²) in [5, 5.41) is 13.7. The zero-order valence-corrected chi connectivity index (χ0v) is 17.0. The van der Waals surface area contributed by atoms with Crippen LogP contribution in [0.4, 0.5) is 0 Å². The van der Waals surface area contributed by atoms with Crippen LogP contribution in [-0.2, 0) is 6.42 Å². The third-order valence-electron chi connectivity index (χ3n) is 4.34. The molecule has 0 N–H and O–H groups in total. The van der Waals surface area contributed by atoms with Gasteiger partial charge in [-0.25, -0.2) is 0 Å². The van der Waals surface area contributed by atoms with E-state index in [1.807, 2.05) is 39.9 Å². The maximum Gasteiger partial charge on any atom is 0.258 e. The first-order chi connectivity index (χ1) is 13.3. The summed E-state index contributed by atoms with van der Waals surface area (Å²) in [4.78, 5) is 4.59. The highest BCUT2D eigenvalue weighted by atomic mass is 16.5. The number of aromatic nitrogens is 2. The van der Waals surface area contributed by atoms with Crippen molar-refractivity contribution in [1.82, 2.24) is 10.1 Å². The number of ether oxygens (including phenoxy) is 1. The largest absolute Gasteiger partial charge is 0.496 e. The summed E-state index contributed by atoms with van der Waals surface area (Å²) in [6, 6.07) is 13.6. The topological polar surface area (TPSA) is 71.9 Å². The lowest BCUT2D eigenvalue weighted by atomic mass is 9.85. The molecule has 3 rings (SSSR count). The molecule has 1 heterocycles. The van der Waals surface area contributed by atoms with Crippen molar-refractivity contribution in [1.29, 1.82) is 5.26 Å². The van der Waals surface area contributed by atoms with E-state index in [9.17, 15) is 5.26 Å². The van der Waals surface area contributed by atoms with Crippen molar-refractivity contribution in [2.45, 2.75) is 39.1 Å². The molecule has 5 nitrogen and oxygen atoms in total. The molecule has 0 unspecified atom stereocenters. The molecule has 3 aromatic rings. The predicted molar refractivity (Wildman–Crippen MR) is 115 cm³/mol. The molecule has 0 fully saturated rings. The normalized spacial score (nSPS) is 11.2. The van der Waals surface area contributed by atoms with E-state index in [1.165, 1.54) is 11.0 Å².